The van der Waals surface area contributed by atoms with Crippen LogP contribution in [0.1, 0.15) is 61.0 Å². The summed E-state index contributed by atoms with van der Waals surface area (Å²) in [6, 6.07) is 13.9. The number of ketones is 1. The fraction of sp³-hybridized carbons (Fsp3) is 0.321. The normalized spacial score (nSPS) is 17.8. The molecule has 1 fully saturated rings. The molecule has 1 aliphatic rings. The summed E-state index contributed by atoms with van der Waals surface area (Å²) < 4.78 is 5.49. The zero-order chi connectivity index (χ0) is 25.5. The van der Waals surface area contributed by atoms with E-state index in [1.165, 1.54) is 16.2 Å². The highest BCUT2D eigenvalue weighted by molar-refractivity contribution is 7.16. The number of nitrogens with zero attached hydrogens (tertiary/aromatic N) is 2. The lowest BCUT2D eigenvalue weighted by atomic mass is 9.85. The number of hydrogen-bond donors (Lipinski definition) is 1. The summed E-state index contributed by atoms with van der Waals surface area (Å²) in [6.45, 7) is 12.6. The number of carbonyl (C=O) groups is 2. The number of ether oxygens (including phenoxy) is 1. The van der Waals surface area contributed by atoms with E-state index in [4.69, 9.17) is 4.74 Å². The molecule has 6 nitrogen and oxygen atoms in total. The van der Waals surface area contributed by atoms with Crippen LogP contribution in [-0.4, -0.2) is 28.4 Å². The average Bonchev–Trinajstić information content (AvgIpc) is 3.28. The first kappa shape index (κ1) is 24.7. The minimum atomic E-state index is -0.791. The Morgan fingerprint density at radius 3 is 2.20 bits per heavy atom. The number of carbonyl (C=O) groups excluding carboxylic acids is 2. The van der Waals surface area contributed by atoms with Gasteiger partial charge in [-0.05, 0) is 61.6 Å². The largest absolute Gasteiger partial charge is 0.507 e. The van der Waals surface area contributed by atoms with Crippen LogP contribution in [0.15, 0.2) is 54.1 Å². The maximum Gasteiger partial charge on any atom is 0.301 e. The number of amides is 1. The predicted octanol–water partition coefficient (Wildman–Crippen LogP) is 6.08. The van der Waals surface area contributed by atoms with Crippen LogP contribution in [0.25, 0.3) is 5.76 Å². The van der Waals surface area contributed by atoms with Gasteiger partial charge in [0.15, 0.2) is 5.13 Å². The molecule has 0 spiro atoms. The summed E-state index contributed by atoms with van der Waals surface area (Å²) in [6.07, 6.45) is 0. The Labute approximate surface area is 209 Å². The summed E-state index contributed by atoms with van der Waals surface area (Å²) in [5.74, 6) is -0.987. The lowest BCUT2D eigenvalue weighted by molar-refractivity contribution is -0.132. The molecule has 0 unspecified atom stereocenters. The Kier molecular flexibility index (Phi) is 6.56. The zero-order valence-corrected chi connectivity index (χ0v) is 21.7. The molecule has 182 valence electrons. The topological polar surface area (TPSA) is 79.7 Å². The average molecular weight is 491 g/mol. The first-order valence-electron chi connectivity index (χ1n) is 11.6. The monoisotopic (exact) mass is 490 g/mol. The predicted molar refractivity (Wildman–Crippen MR) is 139 cm³/mol. The zero-order valence-electron chi connectivity index (χ0n) is 20.9. The number of hydrogen-bond acceptors (Lipinski definition) is 6. The standard InChI is InChI=1S/C28H30N2O4S/c1-7-34-21-14-10-19(11-15-21)24(31)22-23(18-8-12-20(13-9-18)28(4,5)6)30(26(33)25(22)32)27-29-16(2)17(3)35-27/h8-15,23,31H,7H2,1-6H3/b24-22+/t23-/m0/s1. The van der Waals surface area contributed by atoms with Gasteiger partial charge in [-0.3, -0.25) is 14.5 Å². The third kappa shape index (κ3) is 4.60. The van der Waals surface area contributed by atoms with Crippen molar-refractivity contribution in [2.75, 3.05) is 11.5 Å². The second-order valence-electron chi connectivity index (χ2n) is 9.64. The minimum absolute atomic E-state index is 0.0492. The van der Waals surface area contributed by atoms with Crippen LogP contribution in [0.4, 0.5) is 5.13 Å². The molecule has 1 aromatic heterocycles. The van der Waals surface area contributed by atoms with Crippen LogP contribution in [0, 0.1) is 13.8 Å². The quantitative estimate of drug-likeness (QED) is 0.266. The van der Waals surface area contributed by atoms with Gasteiger partial charge in [0.1, 0.15) is 11.5 Å². The van der Waals surface area contributed by atoms with Gasteiger partial charge in [-0.1, -0.05) is 45.0 Å². The van der Waals surface area contributed by atoms with Crippen molar-refractivity contribution in [3.05, 3.63) is 81.4 Å². The SMILES string of the molecule is CCOc1ccc(/C(O)=C2\C(=O)C(=O)N(c3nc(C)c(C)s3)[C@H]2c2ccc(C(C)(C)C)cc2)cc1. The number of aliphatic hydroxyl groups is 1. The molecule has 1 atom stereocenters. The van der Waals surface area contributed by atoms with Gasteiger partial charge in [-0.25, -0.2) is 4.98 Å². The maximum atomic E-state index is 13.3. The molecule has 2 aromatic carbocycles. The third-order valence-electron chi connectivity index (χ3n) is 6.20. The van der Waals surface area contributed by atoms with E-state index in [0.717, 1.165) is 21.7 Å². The van der Waals surface area contributed by atoms with Crippen LogP contribution < -0.4 is 9.64 Å². The molecule has 1 saturated heterocycles. The minimum Gasteiger partial charge on any atom is -0.507 e. The number of aromatic nitrogens is 1. The van der Waals surface area contributed by atoms with E-state index in [2.05, 4.69) is 25.8 Å². The van der Waals surface area contributed by atoms with E-state index in [-0.39, 0.29) is 16.7 Å². The van der Waals surface area contributed by atoms with Gasteiger partial charge in [-0.15, -0.1) is 11.3 Å². The van der Waals surface area contributed by atoms with Crippen LogP contribution in [-0.2, 0) is 15.0 Å². The van der Waals surface area contributed by atoms with Crippen molar-refractivity contribution < 1.29 is 19.4 Å². The van der Waals surface area contributed by atoms with E-state index in [1.54, 1.807) is 24.3 Å². The summed E-state index contributed by atoms with van der Waals surface area (Å²) in [7, 11) is 0. The van der Waals surface area contributed by atoms with Crippen molar-refractivity contribution in [2.45, 2.75) is 53.0 Å². The van der Waals surface area contributed by atoms with Gasteiger partial charge in [0.2, 0.25) is 0 Å². The molecular formula is C28H30N2O4S. The number of thiazole rings is 1. The number of rotatable bonds is 5. The number of Topliss-reactive ketones (excluding diaryl/α,β-unsaturated/α-hetero) is 1. The van der Waals surface area contributed by atoms with Gasteiger partial charge in [0.25, 0.3) is 5.78 Å². The molecule has 4 rings (SSSR count). The molecule has 0 radical (unpaired) electrons. The van der Waals surface area contributed by atoms with Crippen LogP contribution in [0.3, 0.4) is 0 Å². The van der Waals surface area contributed by atoms with E-state index in [1.807, 2.05) is 45.0 Å². The fourth-order valence-corrected chi connectivity index (χ4v) is 5.04. The third-order valence-corrected chi connectivity index (χ3v) is 7.27. The van der Waals surface area contributed by atoms with E-state index in [0.29, 0.717) is 23.1 Å². The Hall–Kier alpha value is -3.45. The molecule has 7 heteroatoms. The summed E-state index contributed by atoms with van der Waals surface area (Å²) in [5, 5.41) is 11.7. The van der Waals surface area contributed by atoms with Crippen LogP contribution in [0.2, 0.25) is 0 Å². The second kappa shape index (κ2) is 9.30. The van der Waals surface area contributed by atoms with Crippen molar-refractivity contribution in [2.24, 2.45) is 0 Å². The highest BCUT2D eigenvalue weighted by atomic mass is 32.1. The molecule has 0 saturated carbocycles. The van der Waals surface area contributed by atoms with Crippen molar-refractivity contribution in [1.29, 1.82) is 0 Å². The van der Waals surface area contributed by atoms with Gasteiger partial charge >= 0.3 is 5.91 Å². The summed E-state index contributed by atoms with van der Waals surface area (Å²) in [4.78, 5) is 33.6. The molecule has 2 heterocycles. The van der Waals surface area contributed by atoms with Crippen LogP contribution in [0.5, 0.6) is 5.75 Å². The Bertz CT molecular complexity index is 1280. The van der Waals surface area contributed by atoms with Gasteiger partial charge in [-0.2, -0.15) is 0 Å². The number of aryl methyl sites for hydroxylation is 2. The molecule has 1 aliphatic heterocycles. The highest BCUT2D eigenvalue weighted by Crippen LogP contribution is 2.44. The lowest BCUT2D eigenvalue weighted by Crippen LogP contribution is -2.29. The fourth-order valence-electron chi connectivity index (χ4n) is 4.10. The van der Waals surface area contributed by atoms with Gasteiger partial charge < -0.3 is 9.84 Å². The summed E-state index contributed by atoms with van der Waals surface area (Å²) in [5.41, 5.74) is 3.11. The maximum absolute atomic E-state index is 13.3. The van der Waals surface area contributed by atoms with Crippen molar-refractivity contribution in [3.8, 4) is 5.75 Å². The molecule has 3 aromatic rings. The first-order valence-corrected chi connectivity index (χ1v) is 12.4. The highest BCUT2D eigenvalue weighted by Gasteiger charge is 2.48. The molecule has 35 heavy (non-hydrogen) atoms. The van der Waals surface area contributed by atoms with Crippen molar-refractivity contribution in [3.63, 3.8) is 0 Å². The number of anilines is 1. The lowest BCUT2D eigenvalue weighted by Gasteiger charge is -2.25. The Balaban J connectivity index is 1.88. The van der Waals surface area contributed by atoms with Gasteiger partial charge in [0.05, 0.1) is 23.9 Å². The summed E-state index contributed by atoms with van der Waals surface area (Å²) >= 11 is 1.36. The molecule has 1 amide bonds. The molecule has 0 bridgehead atoms. The molecular weight excluding hydrogens is 460 g/mol. The van der Waals surface area contributed by atoms with E-state index < -0.39 is 17.7 Å². The van der Waals surface area contributed by atoms with Crippen molar-refractivity contribution >= 4 is 33.9 Å². The number of aliphatic hydroxyl groups excluding tert-OH is 1. The van der Waals surface area contributed by atoms with E-state index >= 15 is 0 Å². The van der Waals surface area contributed by atoms with Gasteiger partial charge in [0, 0.05) is 10.4 Å². The van der Waals surface area contributed by atoms with Crippen molar-refractivity contribution in [1.82, 2.24) is 4.98 Å². The molecule has 0 aliphatic carbocycles. The number of benzene rings is 2. The van der Waals surface area contributed by atoms with E-state index in [9.17, 15) is 14.7 Å². The first-order chi connectivity index (χ1) is 16.5. The smallest absolute Gasteiger partial charge is 0.301 e. The Morgan fingerprint density at radius 1 is 1.06 bits per heavy atom. The van der Waals surface area contributed by atoms with Crippen LogP contribution >= 0.6 is 11.3 Å². The Morgan fingerprint density at radius 2 is 1.69 bits per heavy atom. The molecule has 1 N–H and O–H groups in total. The second-order valence-corrected chi connectivity index (χ2v) is 10.8.